The summed E-state index contributed by atoms with van der Waals surface area (Å²) in [5.41, 5.74) is 6.99. The van der Waals surface area contributed by atoms with E-state index in [0.29, 0.717) is 30.2 Å². The molecule has 2 N–H and O–H groups in total. The molecule has 0 spiro atoms. The van der Waals surface area contributed by atoms with Crippen molar-refractivity contribution in [2.75, 3.05) is 6.61 Å². The zero-order valence-electron chi connectivity index (χ0n) is 10.7. The Morgan fingerprint density at radius 1 is 1.50 bits per heavy atom. The summed E-state index contributed by atoms with van der Waals surface area (Å²) in [7, 11) is 0. The van der Waals surface area contributed by atoms with Crippen LogP contribution >= 0.6 is 11.6 Å². The van der Waals surface area contributed by atoms with E-state index >= 15 is 0 Å². The summed E-state index contributed by atoms with van der Waals surface area (Å²) in [5, 5.41) is 9.08. The van der Waals surface area contributed by atoms with E-state index < -0.39 is 0 Å². The molecule has 1 aromatic carbocycles. The second-order valence-electron chi connectivity index (χ2n) is 4.21. The van der Waals surface area contributed by atoms with Crippen LogP contribution < -0.4 is 10.5 Å². The highest BCUT2D eigenvalue weighted by atomic mass is 35.5. The molecule has 3 nitrogen and oxygen atoms in total. The predicted molar refractivity (Wildman–Crippen MR) is 73.8 cm³/mol. The van der Waals surface area contributed by atoms with E-state index in [1.807, 2.05) is 18.2 Å². The summed E-state index contributed by atoms with van der Waals surface area (Å²) in [4.78, 5) is 0. The van der Waals surface area contributed by atoms with Gasteiger partial charge in [-0.15, -0.1) is 0 Å². The summed E-state index contributed by atoms with van der Waals surface area (Å²) in [5.74, 6) is 0.709. The summed E-state index contributed by atoms with van der Waals surface area (Å²) < 4.78 is 5.68. The summed E-state index contributed by atoms with van der Waals surface area (Å²) >= 11 is 6.14. The van der Waals surface area contributed by atoms with Gasteiger partial charge in [0.05, 0.1) is 17.7 Å². The lowest BCUT2D eigenvalue weighted by Crippen LogP contribution is -2.21. The fraction of sp³-hybridized carbons (Fsp3) is 0.500. The molecule has 1 rings (SSSR count). The number of nitrogens with zero attached hydrogens (tertiary/aromatic N) is 1. The lowest BCUT2D eigenvalue weighted by Gasteiger charge is -2.15. The minimum absolute atomic E-state index is 0.116. The Bertz CT molecular complexity index is 415. The molecule has 0 radical (unpaired) electrons. The maximum atomic E-state index is 8.48. The van der Waals surface area contributed by atoms with Gasteiger partial charge in [-0.05, 0) is 30.9 Å². The van der Waals surface area contributed by atoms with Crippen molar-refractivity contribution in [2.24, 2.45) is 5.73 Å². The van der Waals surface area contributed by atoms with E-state index in [2.05, 4.69) is 13.0 Å². The van der Waals surface area contributed by atoms with Gasteiger partial charge >= 0.3 is 0 Å². The first-order valence-corrected chi connectivity index (χ1v) is 6.59. The van der Waals surface area contributed by atoms with E-state index in [-0.39, 0.29) is 6.04 Å². The van der Waals surface area contributed by atoms with E-state index in [1.165, 1.54) is 0 Å². The first-order chi connectivity index (χ1) is 8.69. The van der Waals surface area contributed by atoms with Gasteiger partial charge in [-0.3, -0.25) is 0 Å². The average molecular weight is 267 g/mol. The molecular formula is C14H19ClN2O. The first kappa shape index (κ1) is 14.8. The Balaban J connectivity index is 2.71. The van der Waals surface area contributed by atoms with Crippen LogP contribution in [0.3, 0.4) is 0 Å². The van der Waals surface area contributed by atoms with Crippen LogP contribution in [-0.4, -0.2) is 12.6 Å². The highest BCUT2D eigenvalue weighted by Crippen LogP contribution is 2.29. The number of ether oxygens (including phenoxy) is 1. The van der Waals surface area contributed by atoms with Crippen molar-refractivity contribution in [3.05, 3.63) is 28.8 Å². The van der Waals surface area contributed by atoms with Gasteiger partial charge < -0.3 is 10.5 Å². The van der Waals surface area contributed by atoms with E-state index in [4.69, 9.17) is 27.3 Å². The maximum Gasteiger partial charge on any atom is 0.141 e. The smallest absolute Gasteiger partial charge is 0.141 e. The topological polar surface area (TPSA) is 59.0 Å². The number of unbranched alkanes of at least 4 members (excludes halogenated alkanes) is 1. The molecule has 0 aliphatic rings. The lowest BCUT2D eigenvalue weighted by molar-refractivity contribution is 0.309. The fourth-order valence-electron chi connectivity index (χ4n) is 1.63. The Hall–Kier alpha value is -1.24. The third-order valence-corrected chi connectivity index (χ3v) is 3.03. The van der Waals surface area contributed by atoms with Crippen molar-refractivity contribution in [3.8, 4) is 11.8 Å². The van der Waals surface area contributed by atoms with Crippen LogP contribution in [0.1, 0.15) is 31.7 Å². The number of para-hydroxylation sites is 1. The zero-order chi connectivity index (χ0) is 13.4. The highest BCUT2D eigenvalue weighted by molar-refractivity contribution is 6.32. The van der Waals surface area contributed by atoms with E-state index in [9.17, 15) is 0 Å². The van der Waals surface area contributed by atoms with Crippen LogP contribution in [0.2, 0.25) is 5.02 Å². The van der Waals surface area contributed by atoms with Crippen molar-refractivity contribution in [3.63, 3.8) is 0 Å². The molecule has 0 aliphatic carbocycles. The highest BCUT2D eigenvalue weighted by Gasteiger charge is 2.11. The largest absolute Gasteiger partial charge is 0.492 e. The van der Waals surface area contributed by atoms with Gasteiger partial charge in [0.25, 0.3) is 0 Å². The van der Waals surface area contributed by atoms with Crippen molar-refractivity contribution in [1.29, 1.82) is 5.26 Å². The van der Waals surface area contributed by atoms with Crippen LogP contribution in [0.5, 0.6) is 5.75 Å². The molecule has 18 heavy (non-hydrogen) atoms. The molecule has 0 amide bonds. The quantitative estimate of drug-likeness (QED) is 0.771. The molecule has 0 saturated carbocycles. The van der Waals surface area contributed by atoms with Crippen LogP contribution in [0, 0.1) is 11.3 Å². The van der Waals surface area contributed by atoms with Gasteiger partial charge in [0, 0.05) is 12.5 Å². The molecule has 1 aromatic rings. The third kappa shape index (κ3) is 4.56. The maximum absolute atomic E-state index is 8.48. The third-order valence-electron chi connectivity index (χ3n) is 2.73. The van der Waals surface area contributed by atoms with Crippen LogP contribution in [0.15, 0.2) is 18.2 Å². The Morgan fingerprint density at radius 2 is 2.28 bits per heavy atom. The predicted octanol–water partition coefficient (Wildman–Crippen LogP) is 3.30. The molecule has 0 heterocycles. The molecule has 4 heteroatoms. The fourth-order valence-corrected chi connectivity index (χ4v) is 1.88. The molecular weight excluding hydrogens is 248 g/mol. The van der Waals surface area contributed by atoms with Gasteiger partial charge in [0.1, 0.15) is 5.75 Å². The SMILES string of the molecule is CCC(N)Cc1cccc(Cl)c1OCCCC#N. The number of hydrogen-bond donors (Lipinski definition) is 1. The van der Waals surface area contributed by atoms with Crippen LogP contribution in [-0.2, 0) is 6.42 Å². The minimum Gasteiger partial charge on any atom is -0.492 e. The summed E-state index contributed by atoms with van der Waals surface area (Å²) in [6.07, 6.45) is 2.88. The Kier molecular flexibility index (Phi) is 6.56. The van der Waals surface area contributed by atoms with E-state index in [0.717, 1.165) is 18.4 Å². The Morgan fingerprint density at radius 3 is 2.94 bits per heavy atom. The number of benzene rings is 1. The van der Waals surface area contributed by atoms with Gasteiger partial charge in [-0.1, -0.05) is 30.7 Å². The molecule has 98 valence electrons. The van der Waals surface area contributed by atoms with Gasteiger partial charge in [-0.25, -0.2) is 0 Å². The second-order valence-corrected chi connectivity index (χ2v) is 4.62. The molecule has 0 aliphatic heterocycles. The van der Waals surface area contributed by atoms with Crippen molar-refractivity contribution >= 4 is 11.6 Å². The molecule has 1 atom stereocenters. The van der Waals surface area contributed by atoms with Crippen molar-refractivity contribution in [1.82, 2.24) is 0 Å². The second kappa shape index (κ2) is 7.97. The molecule has 0 saturated heterocycles. The number of hydrogen-bond acceptors (Lipinski definition) is 3. The first-order valence-electron chi connectivity index (χ1n) is 6.21. The van der Waals surface area contributed by atoms with Gasteiger partial charge in [0.15, 0.2) is 0 Å². The molecule has 0 fully saturated rings. The van der Waals surface area contributed by atoms with Crippen LogP contribution in [0.25, 0.3) is 0 Å². The van der Waals surface area contributed by atoms with Crippen molar-refractivity contribution < 1.29 is 4.74 Å². The standard InChI is InChI=1S/C14H19ClN2O/c1-2-12(17)10-11-6-5-7-13(15)14(11)18-9-4-3-8-16/h5-7,12H,2-4,9-10,17H2,1H3. The molecule has 0 aromatic heterocycles. The Labute approximate surface area is 114 Å². The van der Waals surface area contributed by atoms with Crippen molar-refractivity contribution in [2.45, 2.75) is 38.6 Å². The lowest BCUT2D eigenvalue weighted by atomic mass is 10.0. The monoisotopic (exact) mass is 266 g/mol. The number of rotatable bonds is 7. The molecule has 1 unspecified atom stereocenters. The summed E-state index contributed by atoms with van der Waals surface area (Å²) in [6, 6.07) is 7.91. The minimum atomic E-state index is 0.116. The zero-order valence-corrected chi connectivity index (χ0v) is 11.4. The average Bonchev–Trinajstić information content (AvgIpc) is 2.37. The number of nitrogens with two attached hydrogens (primary N) is 1. The number of halogens is 1. The normalized spacial score (nSPS) is 11.9. The van der Waals surface area contributed by atoms with Gasteiger partial charge in [-0.2, -0.15) is 5.26 Å². The van der Waals surface area contributed by atoms with E-state index in [1.54, 1.807) is 0 Å². The van der Waals surface area contributed by atoms with Gasteiger partial charge in [0.2, 0.25) is 0 Å². The number of nitriles is 1. The summed E-state index contributed by atoms with van der Waals surface area (Å²) in [6.45, 7) is 2.56. The molecule has 0 bridgehead atoms. The van der Waals surface area contributed by atoms with Crippen LogP contribution in [0.4, 0.5) is 0 Å².